The van der Waals surface area contributed by atoms with Crippen molar-refractivity contribution in [3.8, 4) is 0 Å². The van der Waals surface area contributed by atoms with Gasteiger partial charge in [0.1, 0.15) is 9.71 Å². The maximum Gasteiger partial charge on any atom is 0.263 e. The van der Waals surface area contributed by atoms with Crippen LogP contribution in [0.2, 0.25) is 0 Å². The number of anilines is 1. The van der Waals surface area contributed by atoms with E-state index in [-0.39, 0.29) is 11.9 Å². The molecule has 5 nitrogen and oxygen atoms in total. The number of nitrogens with one attached hydrogen (secondary N) is 1. The molecule has 0 aliphatic carbocycles. The summed E-state index contributed by atoms with van der Waals surface area (Å²) < 4.78 is 0. The lowest BCUT2D eigenvalue weighted by atomic mass is 10.2. The monoisotopic (exact) mass is 292 g/mol. The predicted molar refractivity (Wildman–Crippen MR) is 84.3 cm³/mol. The summed E-state index contributed by atoms with van der Waals surface area (Å²) in [7, 11) is 3.97. The molecule has 0 saturated carbocycles. The van der Waals surface area contributed by atoms with Gasteiger partial charge in [-0.3, -0.25) is 4.79 Å². The molecule has 1 amide bonds. The van der Waals surface area contributed by atoms with Crippen LogP contribution < -0.4 is 11.1 Å². The molecule has 6 heteroatoms. The molecule has 1 unspecified atom stereocenters. The Balaban J connectivity index is 2.20. The van der Waals surface area contributed by atoms with Crippen LogP contribution in [0, 0.1) is 6.92 Å². The van der Waals surface area contributed by atoms with Crippen molar-refractivity contribution in [2.75, 3.05) is 26.4 Å². The third kappa shape index (κ3) is 2.91. The third-order valence-electron chi connectivity index (χ3n) is 3.38. The first kappa shape index (κ1) is 14.7. The van der Waals surface area contributed by atoms with Gasteiger partial charge < -0.3 is 16.0 Å². The molecule has 0 radical (unpaired) electrons. The number of nitrogens with zero attached hydrogens (tertiary/aromatic N) is 2. The normalized spacial score (nSPS) is 12.8. The maximum absolute atomic E-state index is 12.2. The molecular formula is C14H20N4OS. The van der Waals surface area contributed by atoms with E-state index < -0.39 is 0 Å². The van der Waals surface area contributed by atoms with Crippen molar-refractivity contribution >= 4 is 33.1 Å². The summed E-state index contributed by atoms with van der Waals surface area (Å²) >= 11 is 1.34. The van der Waals surface area contributed by atoms with Crippen molar-refractivity contribution in [2.45, 2.75) is 19.9 Å². The van der Waals surface area contributed by atoms with E-state index in [1.54, 1.807) is 0 Å². The van der Waals surface area contributed by atoms with Crippen LogP contribution in [0.15, 0.2) is 12.1 Å². The number of thiophene rings is 1. The minimum absolute atomic E-state index is 0.128. The van der Waals surface area contributed by atoms with Crippen molar-refractivity contribution in [3.05, 3.63) is 22.7 Å². The third-order valence-corrected chi connectivity index (χ3v) is 4.49. The summed E-state index contributed by atoms with van der Waals surface area (Å²) in [5, 5.41) is 3.77. The first-order valence-electron chi connectivity index (χ1n) is 6.50. The number of aromatic nitrogens is 1. The summed E-state index contributed by atoms with van der Waals surface area (Å²) in [5.74, 6) is -0.128. The van der Waals surface area contributed by atoms with Gasteiger partial charge >= 0.3 is 0 Å². The van der Waals surface area contributed by atoms with Gasteiger partial charge in [-0.15, -0.1) is 11.3 Å². The number of nitrogens with two attached hydrogens (primary N) is 1. The number of fused-ring (bicyclic) bond motifs is 1. The van der Waals surface area contributed by atoms with Crippen LogP contribution in [0.5, 0.6) is 0 Å². The van der Waals surface area contributed by atoms with E-state index in [0.29, 0.717) is 17.1 Å². The summed E-state index contributed by atoms with van der Waals surface area (Å²) in [4.78, 5) is 20.0. The van der Waals surface area contributed by atoms with Gasteiger partial charge in [-0.1, -0.05) is 0 Å². The Morgan fingerprint density at radius 3 is 2.85 bits per heavy atom. The SMILES string of the molecule is Cc1ccc2c(N)c(C(=O)NCC(C)N(C)C)sc2n1. The molecule has 2 rings (SSSR count). The Labute approximate surface area is 122 Å². The van der Waals surface area contributed by atoms with Gasteiger partial charge in [0, 0.05) is 23.7 Å². The number of carbonyl (C=O) groups excluding carboxylic acids is 1. The molecule has 0 aliphatic heterocycles. The fourth-order valence-corrected chi connectivity index (χ4v) is 2.82. The molecule has 1 atom stereocenters. The average Bonchev–Trinajstić information content (AvgIpc) is 2.72. The first-order chi connectivity index (χ1) is 9.40. The van der Waals surface area contributed by atoms with E-state index in [0.717, 1.165) is 15.9 Å². The second-order valence-corrected chi connectivity index (χ2v) is 6.17. The molecule has 2 heterocycles. The summed E-state index contributed by atoms with van der Waals surface area (Å²) in [6.07, 6.45) is 0. The Kier molecular flexibility index (Phi) is 4.25. The second-order valence-electron chi connectivity index (χ2n) is 5.17. The van der Waals surface area contributed by atoms with Gasteiger partial charge in [0.05, 0.1) is 5.69 Å². The highest BCUT2D eigenvalue weighted by Gasteiger charge is 2.17. The average molecular weight is 292 g/mol. The lowest BCUT2D eigenvalue weighted by Gasteiger charge is -2.19. The van der Waals surface area contributed by atoms with Crippen molar-refractivity contribution in [1.82, 2.24) is 15.2 Å². The van der Waals surface area contributed by atoms with E-state index in [1.165, 1.54) is 11.3 Å². The predicted octanol–water partition coefficient (Wildman–Crippen LogP) is 1.87. The number of pyridine rings is 1. The molecule has 0 spiro atoms. The number of likely N-dealkylation sites (N-methyl/N-ethyl adjacent to an activating group) is 1. The standard InChI is InChI=1S/C14H20N4OS/c1-8-5-6-10-11(15)12(20-14(10)17-8)13(19)16-7-9(2)18(3)4/h5-6,9H,7,15H2,1-4H3,(H,16,19). The fraction of sp³-hybridized carbons (Fsp3) is 0.429. The number of hydrogen-bond acceptors (Lipinski definition) is 5. The number of rotatable bonds is 4. The van der Waals surface area contributed by atoms with Crippen LogP contribution in [0.3, 0.4) is 0 Å². The Hall–Kier alpha value is -1.66. The molecule has 20 heavy (non-hydrogen) atoms. The molecule has 0 fully saturated rings. The van der Waals surface area contributed by atoms with Crippen molar-refractivity contribution in [3.63, 3.8) is 0 Å². The lowest BCUT2D eigenvalue weighted by molar-refractivity contribution is 0.0948. The van der Waals surface area contributed by atoms with Crippen LogP contribution in [0.25, 0.3) is 10.2 Å². The molecule has 0 saturated heterocycles. The highest BCUT2D eigenvalue weighted by molar-refractivity contribution is 7.21. The molecule has 108 valence electrons. The van der Waals surface area contributed by atoms with Crippen LogP contribution in [0.1, 0.15) is 22.3 Å². The van der Waals surface area contributed by atoms with E-state index in [4.69, 9.17) is 5.73 Å². The van der Waals surface area contributed by atoms with E-state index >= 15 is 0 Å². The van der Waals surface area contributed by atoms with Crippen molar-refractivity contribution in [2.24, 2.45) is 0 Å². The van der Waals surface area contributed by atoms with Crippen LogP contribution in [0.4, 0.5) is 5.69 Å². The Morgan fingerprint density at radius 2 is 2.20 bits per heavy atom. The second kappa shape index (κ2) is 5.76. The largest absolute Gasteiger partial charge is 0.397 e. The summed E-state index contributed by atoms with van der Waals surface area (Å²) in [6.45, 7) is 4.57. The van der Waals surface area contributed by atoms with Crippen LogP contribution in [-0.2, 0) is 0 Å². The molecule has 0 aliphatic rings. The number of amides is 1. The Morgan fingerprint density at radius 1 is 1.50 bits per heavy atom. The molecule has 3 N–H and O–H groups in total. The van der Waals surface area contributed by atoms with E-state index in [1.807, 2.05) is 33.2 Å². The van der Waals surface area contributed by atoms with Crippen molar-refractivity contribution < 1.29 is 4.79 Å². The smallest absolute Gasteiger partial charge is 0.263 e. The zero-order valence-corrected chi connectivity index (χ0v) is 13.0. The molecule has 0 aromatic carbocycles. The highest BCUT2D eigenvalue weighted by Crippen LogP contribution is 2.32. The topological polar surface area (TPSA) is 71.2 Å². The van der Waals surface area contributed by atoms with Gasteiger partial charge in [-0.05, 0) is 40.1 Å². The minimum atomic E-state index is -0.128. The highest BCUT2D eigenvalue weighted by atomic mass is 32.1. The lowest BCUT2D eigenvalue weighted by Crippen LogP contribution is -2.38. The van der Waals surface area contributed by atoms with Gasteiger partial charge in [0.25, 0.3) is 5.91 Å². The van der Waals surface area contributed by atoms with Crippen LogP contribution >= 0.6 is 11.3 Å². The van der Waals surface area contributed by atoms with E-state index in [9.17, 15) is 4.79 Å². The molecule has 2 aromatic rings. The van der Waals surface area contributed by atoms with Crippen LogP contribution in [-0.4, -0.2) is 42.5 Å². The summed E-state index contributed by atoms with van der Waals surface area (Å²) in [5.41, 5.74) is 7.50. The number of hydrogen-bond donors (Lipinski definition) is 2. The number of carbonyl (C=O) groups is 1. The fourth-order valence-electron chi connectivity index (χ4n) is 1.76. The Bertz CT molecular complexity index is 635. The first-order valence-corrected chi connectivity index (χ1v) is 7.32. The number of aryl methyl sites for hydroxylation is 1. The zero-order chi connectivity index (χ0) is 14.9. The van der Waals surface area contributed by atoms with E-state index in [2.05, 4.69) is 22.1 Å². The molecule has 0 bridgehead atoms. The molecule has 2 aromatic heterocycles. The number of nitrogen functional groups attached to an aromatic ring is 1. The quantitative estimate of drug-likeness (QED) is 0.902. The van der Waals surface area contributed by atoms with Gasteiger partial charge in [-0.2, -0.15) is 0 Å². The van der Waals surface area contributed by atoms with Crippen molar-refractivity contribution in [1.29, 1.82) is 0 Å². The maximum atomic E-state index is 12.2. The minimum Gasteiger partial charge on any atom is -0.397 e. The zero-order valence-electron chi connectivity index (χ0n) is 12.2. The van der Waals surface area contributed by atoms with Gasteiger partial charge in [0.2, 0.25) is 0 Å². The van der Waals surface area contributed by atoms with Gasteiger partial charge in [0.15, 0.2) is 0 Å². The van der Waals surface area contributed by atoms with Gasteiger partial charge in [-0.25, -0.2) is 4.98 Å². The molecular weight excluding hydrogens is 272 g/mol. The summed E-state index contributed by atoms with van der Waals surface area (Å²) in [6, 6.07) is 4.10.